The van der Waals surface area contributed by atoms with Gasteiger partial charge in [0.15, 0.2) is 5.78 Å². The maximum absolute atomic E-state index is 13.8. The van der Waals surface area contributed by atoms with Gasteiger partial charge in [0.1, 0.15) is 12.1 Å². The van der Waals surface area contributed by atoms with Crippen molar-refractivity contribution in [2.75, 3.05) is 18.8 Å². The minimum atomic E-state index is -1.01. The quantitative estimate of drug-likeness (QED) is 0.244. The standard InChI is InChI=1S/C30H37N9O5S2/c1-19(2)26(24(40)18-46-30-34-35-36-38(30)20-8-4-3-5-9-20)33-27(42)23-11-6-16-37-25(41)13-12-22(28(43)39(23)37)32-29(44)31-15-14-21-10-7-17-45-21/h3-5,7-10,17,19,22-23,26H,6,11-16,18H2,1-2H3,(H,33,42)(H2,31,32,44)/t22-,23-,26-/m0/s1. The second-order valence-electron chi connectivity index (χ2n) is 11.4. The third-order valence-corrected chi connectivity index (χ3v) is 9.68. The Morgan fingerprint density at radius 1 is 1.09 bits per heavy atom. The average Bonchev–Trinajstić information content (AvgIpc) is 3.74. The van der Waals surface area contributed by atoms with Crippen molar-refractivity contribution in [1.29, 1.82) is 0 Å². The number of ketones is 1. The number of amides is 5. The number of rotatable bonds is 12. The van der Waals surface area contributed by atoms with Gasteiger partial charge in [-0.15, -0.1) is 16.4 Å². The molecule has 244 valence electrons. The van der Waals surface area contributed by atoms with Gasteiger partial charge in [-0.05, 0) is 65.6 Å². The highest BCUT2D eigenvalue weighted by molar-refractivity contribution is 7.99. The molecule has 0 radical (unpaired) electrons. The second kappa shape index (κ2) is 15.3. The first-order valence-electron chi connectivity index (χ1n) is 15.2. The van der Waals surface area contributed by atoms with Crippen molar-refractivity contribution in [3.63, 3.8) is 0 Å². The molecular weight excluding hydrogens is 631 g/mol. The zero-order valence-corrected chi connectivity index (χ0v) is 27.3. The van der Waals surface area contributed by atoms with Crippen LogP contribution in [0.5, 0.6) is 0 Å². The number of hydrogen-bond donors (Lipinski definition) is 3. The number of Topliss-reactive ketones (excluding diaryl/α,β-unsaturated/α-hetero) is 1. The molecule has 2 aliphatic rings. The summed E-state index contributed by atoms with van der Waals surface area (Å²) in [7, 11) is 0. The second-order valence-corrected chi connectivity index (χ2v) is 13.3. The van der Waals surface area contributed by atoms with Crippen LogP contribution in [0.1, 0.15) is 44.4 Å². The molecule has 5 rings (SSSR count). The van der Waals surface area contributed by atoms with Gasteiger partial charge in [0.05, 0.1) is 17.5 Å². The minimum absolute atomic E-state index is 0.00183. The number of hydrogen-bond acceptors (Lipinski definition) is 10. The number of benzene rings is 1. The van der Waals surface area contributed by atoms with Gasteiger partial charge in [0, 0.05) is 24.4 Å². The topological polar surface area (TPSA) is 172 Å². The van der Waals surface area contributed by atoms with Crippen LogP contribution in [0.15, 0.2) is 53.0 Å². The fourth-order valence-electron chi connectivity index (χ4n) is 5.46. The molecule has 3 N–H and O–H groups in total. The molecule has 0 saturated carbocycles. The van der Waals surface area contributed by atoms with Crippen LogP contribution in [0.2, 0.25) is 0 Å². The van der Waals surface area contributed by atoms with E-state index < -0.39 is 36.0 Å². The summed E-state index contributed by atoms with van der Waals surface area (Å²) in [5.41, 5.74) is 0.748. The number of fused-ring (bicyclic) bond motifs is 1. The van der Waals surface area contributed by atoms with Gasteiger partial charge in [0.25, 0.3) is 5.91 Å². The predicted octanol–water partition coefficient (Wildman–Crippen LogP) is 1.96. The molecule has 0 aliphatic carbocycles. The molecule has 2 aromatic heterocycles. The van der Waals surface area contributed by atoms with Crippen LogP contribution in [0, 0.1) is 5.92 Å². The lowest BCUT2D eigenvalue weighted by atomic mass is 9.99. The number of para-hydroxylation sites is 1. The van der Waals surface area contributed by atoms with E-state index in [1.165, 1.54) is 14.7 Å². The molecule has 0 bridgehead atoms. The summed E-state index contributed by atoms with van der Waals surface area (Å²) in [4.78, 5) is 67.8. The number of carbonyl (C=O) groups is 5. The first kappa shape index (κ1) is 33.1. The minimum Gasteiger partial charge on any atom is -0.344 e. The van der Waals surface area contributed by atoms with Crippen LogP contribution < -0.4 is 16.0 Å². The van der Waals surface area contributed by atoms with Crippen molar-refractivity contribution < 1.29 is 24.0 Å². The van der Waals surface area contributed by atoms with Crippen molar-refractivity contribution in [3.8, 4) is 5.69 Å². The third kappa shape index (κ3) is 7.91. The van der Waals surface area contributed by atoms with E-state index in [9.17, 15) is 24.0 Å². The van der Waals surface area contributed by atoms with Crippen LogP contribution in [-0.4, -0.2) is 96.7 Å². The van der Waals surface area contributed by atoms with Crippen LogP contribution in [0.4, 0.5) is 4.79 Å². The summed E-state index contributed by atoms with van der Waals surface area (Å²) in [6.07, 6.45) is 1.63. The monoisotopic (exact) mass is 667 g/mol. The number of hydrazine groups is 1. The number of urea groups is 1. The molecule has 2 aliphatic heterocycles. The summed E-state index contributed by atoms with van der Waals surface area (Å²) in [5.74, 6) is -1.84. The zero-order chi connectivity index (χ0) is 32.6. The number of thiophene rings is 1. The maximum Gasteiger partial charge on any atom is 0.315 e. The Kier molecular flexibility index (Phi) is 11.0. The summed E-state index contributed by atoms with van der Waals surface area (Å²) in [5, 5.41) is 25.0. The fraction of sp³-hybridized carbons (Fsp3) is 0.467. The van der Waals surface area contributed by atoms with Gasteiger partial charge in [-0.25, -0.2) is 9.80 Å². The molecule has 2 fully saturated rings. The number of thioether (sulfide) groups is 1. The lowest BCUT2D eigenvalue weighted by Gasteiger charge is -2.43. The Balaban J connectivity index is 1.23. The first-order valence-corrected chi connectivity index (χ1v) is 17.1. The van der Waals surface area contributed by atoms with Gasteiger partial charge < -0.3 is 16.0 Å². The highest BCUT2D eigenvalue weighted by Crippen LogP contribution is 2.26. The summed E-state index contributed by atoms with van der Waals surface area (Å²) >= 11 is 2.75. The molecular formula is C30H37N9O5S2. The SMILES string of the molecule is CC(C)[C@H](NC(=O)[C@@H]1CCCN2C(=O)CC[C@H](NC(=O)NCCc3cccs3)C(=O)N12)C(=O)CSc1nnnn1-c1ccccc1. The number of nitrogens with one attached hydrogen (secondary N) is 3. The lowest BCUT2D eigenvalue weighted by molar-refractivity contribution is -0.176. The molecule has 2 saturated heterocycles. The molecule has 4 heterocycles. The summed E-state index contributed by atoms with van der Waals surface area (Å²) in [6, 6.07) is 9.84. The molecule has 16 heteroatoms. The van der Waals surface area contributed by atoms with E-state index >= 15 is 0 Å². The van der Waals surface area contributed by atoms with Crippen LogP contribution in [-0.2, 0) is 25.6 Å². The van der Waals surface area contributed by atoms with Gasteiger partial charge in [-0.1, -0.05) is 49.9 Å². The molecule has 3 aromatic rings. The highest BCUT2D eigenvalue weighted by atomic mass is 32.2. The van der Waals surface area contributed by atoms with Crippen molar-refractivity contribution in [1.82, 2.24) is 46.2 Å². The molecule has 14 nitrogen and oxygen atoms in total. The van der Waals surface area contributed by atoms with Gasteiger partial charge in [0.2, 0.25) is 17.0 Å². The van der Waals surface area contributed by atoms with Gasteiger partial charge >= 0.3 is 6.03 Å². The Bertz CT molecular complexity index is 1530. The van der Waals surface area contributed by atoms with Crippen molar-refractivity contribution in [2.24, 2.45) is 5.92 Å². The smallest absolute Gasteiger partial charge is 0.315 e. The molecule has 0 spiro atoms. The van der Waals surface area contributed by atoms with Crippen molar-refractivity contribution in [2.45, 2.75) is 69.2 Å². The van der Waals surface area contributed by atoms with Crippen LogP contribution in [0.3, 0.4) is 0 Å². The molecule has 1 aromatic carbocycles. The fourth-order valence-corrected chi connectivity index (χ4v) is 6.98. The zero-order valence-electron chi connectivity index (χ0n) is 25.6. The van der Waals surface area contributed by atoms with E-state index in [1.54, 1.807) is 11.3 Å². The van der Waals surface area contributed by atoms with Crippen LogP contribution in [0.25, 0.3) is 5.69 Å². The average molecular weight is 668 g/mol. The number of tetrazole rings is 1. The predicted molar refractivity (Wildman–Crippen MR) is 171 cm³/mol. The Morgan fingerprint density at radius 2 is 1.89 bits per heavy atom. The van der Waals surface area contributed by atoms with E-state index in [-0.39, 0.29) is 42.7 Å². The van der Waals surface area contributed by atoms with Crippen molar-refractivity contribution in [3.05, 3.63) is 52.7 Å². The molecule has 0 unspecified atom stereocenters. The van der Waals surface area contributed by atoms with E-state index in [1.807, 2.05) is 61.7 Å². The maximum atomic E-state index is 13.8. The normalized spacial score (nSPS) is 18.9. The molecule has 5 amide bonds. The highest BCUT2D eigenvalue weighted by Gasteiger charge is 2.45. The molecule has 3 atom stereocenters. The number of aromatic nitrogens is 4. The van der Waals surface area contributed by atoms with E-state index in [0.717, 1.165) is 22.3 Å². The number of carbonyl (C=O) groups excluding carboxylic acids is 5. The van der Waals surface area contributed by atoms with Gasteiger partial charge in [-0.2, -0.15) is 4.68 Å². The van der Waals surface area contributed by atoms with E-state index in [2.05, 4.69) is 31.5 Å². The third-order valence-electron chi connectivity index (χ3n) is 7.80. The van der Waals surface area contributed by atoms with Crippen LogP contribution >= 0.6 is 23.1 Å². The number of nitrogens with zero attached hydrogens (tertiary/aromatic N) is 6. The Morgan fingerprint density at radius 3 is 2.63 bits per heavy atom. The Hall–Kier alpha value is -4.31. The van der Waals surface area contributed by atoms with Gasteiger partial charge in [-0.3, -0.25) is 24.2 Å². The molecule has 46 heavy (non-hydrogen) atoms. The summed E-state index contributed by atoms with van der Waals surface area (Å²) in [6.45, 7) is 4.32. The lowest BCUT2D eigenvalue weighted by Crippen LogP contribution is -2.65. The van der Waals surface area contributed by atoms with E-state index in [0.29, 0.717) is 31.0 Å². The Labute approximate surface area is 274 Å². The summed E-state index contributed by atoms with van der Waals surface area (Å²) < 4.78 is 1.54. The van der Waals surface area contributed by atoms with E-state index in [4.69, 9.17) is 0 Å². The largest absolute Gasteiger partial charge is 0.344 e. The van der Waals surface area contributed by atoms with Crippen molar-refractivity contribution >= 4 is 52.6 Å². The first-order chi connectivity index (χ1) is 22.2.